The summed E-state index contributed by atoms with van der Waals surface area (Å²) in [6.07, 6.45) is -3.54. The second-order valence-electron chi connectivity index (χ2n) is 5.02. The number of nitrogens with one attached hydrogen (secondary N) is 1. The van der Waals surface area contributed by atoms with Crippen LogP contribution in [0.5, 0.6) is 0 Å². The second kappa shape index (κ2) is 5.92. The fourth-order valence-electron chi connectivity index (χ4n) is 1.90. The van der Waals surface area contributed by atoms with Gasteiger partial charge in [-0.1, -0.05) is 19.1 Å². The topological polar surface area (TPSA) is 32.3 Å². The zero-order valence-electron chi connectivity index (χ0n) is 11.4. The summed E-state index contributed by atoms with van der Waals surface area (Å²) in [4.78, 5) is 0. The summed E-state index contributed by atoms with van der Waals surface area (Å²) in [6, 6.07) is 5.19. The van der Waals surface area contributed by atoms with Crippen molar-refractivity contribution in [1.29, 1.82) is 0 Å². The van der Waals surface area contributed by atoms with E-state index in [9.17, 15) is 18.3 Å². The molecule has 108 valence electrons. The lowest BCUT2D eigenvalue weighted by molar-refractivity contribution is -0.137. The quantitative estimate of drug-likeness (QED) is 0.864. The summed E-state index contributed by atoms with van der Waals surface area (Å²) in [5.74, 6) is 0. The maximum absolute atomic E-state index is 12.7. The van der Waals surface area contributed by atoms with Crippen LogP contribution in [-0.2, 0) is 11.7 Å². The molecule has 0 spiro atoms. The first-order valence-electron chi connectivity index (χ1n) is 6.29. The molecule has 2 atom stereocenters. The van der Waals surface area contributed by atoms with Crippen LogP contribution in [0.3, 0.4) is 0 Å². The molecule has 0 bridgehead atoms. The Balaban J connectivity index is 3.11. The van der Waals surface area contributed by atoms with E-state index < -0.39 is 17.3 Å². The monoisotopic (exact) mass is 275 g/mol. The molecule has 0 fully saturated rings. The molecule has 0 saturated heterocycles. The Morgan fingerprint density at radius 3 is 2.32 bits per heavy atom. The SMILES string of the molecule is CCC(C)NC(C)(CO)c1cccc(C(F)(F)F)c1. The lowest BCUT2D eigenvalue weighted by atomic mass is 9.90. The number of alkyl halides is 3. The molecular weight excluding hydrogens is 255 g/mol. The minimum Gasteiger partial charge on any atom is -0.394 e. The van der Waals surface area contributed by atoms with Gasteiger partial charge < -0.3 is 10.4 Å². The van der Waals surface area contributed by atoms with E-state index >= 15 is 0 Å². The Hall–Kier alpha value is -1.07. The number of halogens is 3. The molecule has 2 N–H and O–H groups in total. The molecule has 1 aromatic carbocycles. The van der Waals surface area contributed by atoms with Crippen molar-refractivity contribution >= 4 is 0 Å². The highest BCUT2D eigenvalue weighted by Gasteiger charge is 2.33. The first-order chi connectivity index (χ1) is 8.73. The highest BCUT2D eigenvalue weighted by atomic mass is 19.4. The van der Waals surface area contributed by atoms with E-state index in [1.54, 1.807) is 13.0 Å². The van der Waals surface area contributed by atoms with Gasteiger partial charge in [-0.15, -0.1) is 0 Å². The van der Waals surface area contributed by atoms with Crippen LogP contribution in [0.15, 0.2) is 24.3 Å². The van der Waals surface area contributed by atoms with Crippen molar-refractivity contribution < 1.29 is 18.3 Å². The van der Waals surface area contributed by atoms with Gasteiger partial charge in [-0.25, -0.2) is 0 Å². The van der Waals surface area contributed by atoms with Gasteiger partial charge in [0.15, 0.2) is 0 Å². The molecule has 1 rings (SSSR count). The van der Waals surface area contributed by atoms with E-state index in [-0.39, 0.29) is 12.6 Å². The molecule has 19 heavy (non-hydrogen) atoms. The third-order valence-electron chi connectivity index (χ3n) is 3.32. The number of benzene rings is 1. The van der Waals surface area contributed by atoms with E-state index in [0.29, 0.717) is 5.56 Å². The lowest BCUT2D eigenvalue weighted by Crippen LogP contribution is -2.47. The van der Waals surface area contributed by atoms with E-state index in [1.165, 1.54) is 6.07 Å². The van der Waals surface area contributed by atoms with Gasteiger partial charge in [-0.05, 0) is 38.0 Å². The van der Waals surface area contributed by atoms with Gasteiger partial charge in [0.25, 0.3) is 0 Å². The van der Waals surface area contributed by atoms with Crippen LogP contribution in [0.1, 0.15) is 38.3 Å². The van der Waals surface area contributed by atoms with Crippen molar-refractivity contribution in [2.24, 2.45) is 0 Å². The molecule has 2 nitrogen and oxygen atoms in total. The molecule has 0 heterocycles. The maximum Gasteiger partial charge on any atom is 0.416 e. The number of rotatable bonds is 5. The fraction of sp³-hybridized carbons (Fsp3) is 0.571. The maximum atomic E-state index is 12.7. The Bertz CT molecular complexity index is 419. The zero-order valence-corrected chi connectivity index (χ0v) is 11.4. The van der Waals surface area contributed by atoms with Gasteiger partial charge in [0.2, 0.25) is 0 Å². The van der Waals surface area contributed by atoms with Crippen molar-refractivity contribution in [3.05, 3.63) is 35.4 Å². The van der Waals surface area contributed by atoms with Gasteiger partial charge in [0.05, 0.1) is 17.7 Å². The third-order valence-corrected chi connectivity index (χ3v) is 3.32. The molecule has 0 saturated carbocycles. The average Bonchev–Trinajstić information content (AvgIpc) is 2.37. The summed E-state index contributed by atoms with van der Waals surface area (Å²) < 4.78 is 38.1. The molecular formula is C14H20F3NO. The zero-order chi connectivity index (χ0) is 14.7. The molecule has 0 aliphatic carbocycles. The van der Waals surface area contributed by atoms with Gasteiger partial charge in [-0.3, -0.25) is 0 Å². The minimum atomic E-state index is -4.37. The predicted molar refractivity (Wildman–Crippen MR) is 68.8 cm³/mol. The number of aliphatic hydroxyl groups is 1. The first kappa shape index (κ1) is 16.0. The molecule has 2 unspecified atom stereocenters. The number of hydrogen-bond donors (Lipinski definition) is 2. The van der Waals surface area contributed by atoms with Crippen LogP contribution in [0, 0.1) is 0 Å². The summed E-state index contributed by atoms with van der Waals surface area (Å²) in [6.45, 7) is 5.34. The second-order valence-corrected chi connectivity index (χ2v) is 5.02. The lowest BCUT2D eigenvalue weighted by Gasteiger charge is -2.33. The van der Waals surface area contributed by atoms with Gasteiger partial charge in [-0.2, -0.15) is 13.2 Å². The van der Waals surface area contributed by atoms with Crippen molar-refractivity contribution in [2.45, 2.75) is 44.9 Å². The largest absolute Gasteiger partial charge is 0.416 e. The Labute approximate surface area is 111 Å². The van der Waals surface area contributed by atoms with Crippen molar-refractivity contribution in [3.63, 3.8) is 0 Å². The van der Waals surface area contributed by atoms with Gasteiger partial charge in [0, 0.05) is 6.04 Å². The van der Waals surface area contributed by atoms with E-state index in [0.717, 1.165) is 18.6 Å². The predicted octanol–water partition coefficient (Wildman–Crippen LogP) is 3.30. The smallest absolute Gasteiger partial charge is 0.394 e. The van der Waals surface area contributed by atoms with Crippen LogP contribution in [0.4, 0.5) is 13.2 Å². The molecule has 0 aliphatic rings. The molecule has 0 aliphatic heterocycles. The molecule has 0 radical (unpaired) electrons. The van der Waals surface area contributed by atoms with Gasteiger partial charge >= 0.3 is 6.18 Å². The minimum absolute atomic E-state index is 0.103. The average molecular weight is 275 g/mol. The van der Waals surface area contributed by atoms with Crippen molar-refractivity contribution in [3.8, 4) is 0 Å². The summed E-state index contributed by atoms with van der Waals surface area (Å²) in [7, 11) is 0. The van der Waals surface area contributed by atoms with Crippen molar-refractivity contribution in [1.82, 2.24) is 5.32 Å². The van der Waals surface area contributed by atoms with E-state index in [2.05, 4.69) is 5.32 Å². The molecule has 1 aromatic rings. The summed E-state index contributed by atoms with van der Waals surface area (Å²) in [5, 5.41) is 12.7. The fourth-order valence-corrected chi connectivity index (χ4v) is 1.90. The van der Waals surface area contributed by atoms with Crippen LogP contribution in [0.25, 0.3) is 0 Å². The molecule has 0 amide bonds. The number of hydrogen-bond acceptors (Lipinski definition) is 2. The third kappa shape index (κ3) is 3.94. The Morgan fingerprint density at radius 1 is 1.26 bits per heavy atom. The van der Waals surface area contributed by atoms with Crippen LogP contribution >= 0.6 is 0 Å². The standard InChI is InChI=1S/C14H20F3NO/c1-4-10(2)18-13(3,9-19)11-6-5-7-12(8-11)14(15,16)17/h5-8,10,18-19H,4,9H2,1-3H3. The molecule has 0 aromatic heterocycles. The highest BCUT2D eigenvalue weighted by Crippen LogP contribution is 2.32. The van der Waals surface area contributed by atoms with Crippen LogP contribution < -0.4 is 5.32 Å². The number of aliphatic hydroxyl groups excluding tert-OH is 1. The normalized spacial score (nSPS) is 17.0. The molecule has 5 heteroatoms. The summed E-state index contributed by atoms with van der Waals surface area (Å²) in [5.41, 5.74) is -1.14. The van der Waals surface area contributed by atoms with Gasteiger partial charge in [0.1, 0.15) is 0 Å². The van der Waals surface area contributed by atoms with Crippen LogP contribution in [0.2, 0.25) is 0 Å². The van der Waals surface area contributed by atoms with E-state index in [1.807, 2.05) is 13.8 Å². The van der Waals surface area contributed by atoms with Crippen molar-refractivity contribution in [2.75, 3.05) is 6.61 Å². The Kier molecular flexibility index (Phi) is 4.98. The summed E-state index contributed by atoms with van der Waals surface area (Å²) >= 11 is 0. The van der Waals surface area contributed by atoms with E-state index in [4.69, 9.17) is 0 Å². The first-order valence-corrected chi connectivity index (χ1v) is 6.29. The van der Waals surface area contributed by atoms with Crippen LogP contribution in [-0.4, -0.2) is 17.8 Å². The highest BCUT2D eigenvalue weighted by molar-refractivity contribution is 5.31. The Morgan fingerprint density at radius 2 is 1.84 bits per heavy atom.